The van der Waals surface area contributed by atoms with Gasteiger partial charge in [-0.1, -0.05) is 29.8 Å². The number of hydrazine groups is 1. The standard InChI is InChI=1S/C11H17ClN4/c1-8(2)15-11(16-13)14-7-9-5-3-4-6-10(9)12/h3-6,8H,7,13H2,1-2H3,(H2,14,15,16). The van der Waals surface area contributed by atoms with E-state index in [1.807, 2.05) is 38.1 Å². The summed E-state index contributed by atoms with van der Waals surface area (Å²) >= 11 is 6.02. The van der Waals surface area contributed by atoms with E-state index in [9.17, 15) is 0 Å². The Labute approximate surface area is 101 Å². The summed E-state index contributed by atoms with van der Waals surface area (Å²) in [6, 6.07) is 7.89. The van der Waals surface area contributed by atoms with Gasteiger partial charge < -0.3 is 5.32 Å². The number of nitrogens with zero attached hydrogens (tertiary/aromatic N) is 1. The third-order valence-corrected chi connectivity index (χ3v) is 2.30. The van der Waals surface area contributed by atoms with Gasteiger partial charge in [0.15, 0.2) is 0 Å². The van der Waals surface area contributed by atoms with Gasteiger partial charge in [0, 0.05) is 11.1 Å². The minimum absolute atomic E-state index is 0.279. The van der Waals surface area contributed by atoms with Crippen molar-refractivity contribution in [2.75, 3.05) is 0 Å². The first-order chi connectivity index (χ1) is 7.63. The van der Waals surface area contributed by atoms with Crippen LogP contribution in [0.1, 0.15) is 19.4 Å². The topological polar surface area (TPSA) is 62.4 Å². The summed E-state index contributed by atoms with van der Waals surface area (Å²) in [5.41, 5.74) is 3.49. The fraction of sp³-hybridized carbons (Fsp3) is 0.364. The van der Waals surface area contributed by atoms with Gasteiger partial charge in [-0.2, -0.15) is 0 Å². The number of halogens is 1. The third-order valence-electron chi connectivity index (χ3n) is 1.93. The van der Waals surface area contributed by atoms with E-state index in [0.717, 1.165) is 5.56 Å². The van der Waals surface area contributed by atoms with Crippen molar-refractivity contribution < 1.29 is 0 Å². The second-order valence-corrected chi connectivity index (χ2v) is 4.11. The molecular formula is C11H17ClN4. The molecule has 0 saturated heterocycles. The van der Waals surface area contributed by atoms with Crippen LogP contribution in [0.4, 0.5) is 0 Å². The van der Waals surface area contributed by atoms with E-state index in [-0.39, 0.29) is 6.04 Å². The van der Waals surface area contributed by atoms with E-state index in [1.54, 1.807) is 0 Å². The van der Waals surface area contributed by atoms with Gasteiger partial charge in [-0.3, -0.25) is 5.43 Å². The van der Waals surface area contributed by atoms with Crippen LogP contribution in [0.3, 0.4) is 0 Å². The van der Waals surface area contributed by atoms with Crippen LogP contribution >= 0.6 is 11.6 Å². The number of benzene rings is 1. The van der Waals surface area contributed by atoms with Gasteiger partial charge in [-0.05, 0) is 25.5 Å². The second-order valence-electron chi connectivity index (χ2n) is 3.70. The highest BCUT2D eigenvalue weighted by molar-refractivity contribution is 6.31. The van der Waals surface area contributed by atoms with Crippen molar-refractivity contribution in [2.45, 2.75) is 26.4 Å². The fourth-order valence-corrected chi connectivity index (χ4v) is 1.39. The van der Waals surface area contributed by atoms with Crippen LogP contribution < -0.4 is 16.6 Å². The zero-order valence-corrected chi connectivity index (χ0v) is 10.3. The minimum atomic E-state index is 0.279. The normalized spacial score (nSPS) is 11.7. The summed E-state index contributed by atoms with van der Waals surface area (Å²) in [5, 5.41) is 3.80. The highest BCUT2D eigenvalue weighted by Crippen LogP contribution is 2.15. The molecule has 0 aliphatic rings. The molecule has 0 bridgehead atoms. The summed E-state index contributed by atoms with van der Waals surface area (Å²) in [5.74, 6) is 5.91. The van der Waals surface area contributed by atoms with Gasteiger partial charge >= 0.3 is 0 Å². The van der Waals surface area contributed by atoms with Crippen LogP contribution in [-0.2, 0) is 6.54 Å². The van der Waals surface area contributed by atoms with Gasteiger partial charge in [0.05, 0.1) is 6.54 Å². The summed E-state index contributed by atoms with van der Waals surface area (Å²) in [7, 11) is 0. The molecule has 0 fully saturated rings. The van der Waals surface area contributed by atoms with Gasteiger partial charge in [0.2, 0.25) is 5.96 Å². The van der Waals surface area contributed by atoms with Crippen molar-refractivity contribution in [1.82, 2.24) is 10.7 Å². The van der Waals surface area contributed by atoms with E-state index in [0.29, 0.717) is 17.5 Å². The average Bonchev–Trinajstić information content (AvgIpc) is 2.25. The Bertz CT molecular complexity index is 363. The van der Waals surface area contributed by atoms with E-state index < -0.39 is 0 Å². The molecule has 1 rings (SSSR count). The SMILES string of the molecule is CC(C)NC(=NCc1ccccc1Cl)NN. The second kappa shape index (κ2) is 6.35. The van der Waals surface area contributed by atoms with Crippen molar-refractivity contribution in [3.8, 4) is 0 Å². The molecule has 0 heterocycles. The number of rotatable bonds is 3. The summed E-state index contributed by atoms with van der Waals surface area (Å²) in [6.45, 7) is 4.53. The molecule has 0 atom stereocenters. The van der Waals surface area contributed by atoms with Crippen LogP contribution in [0, 0.1) is 0 Å². The Hall–Kier alpha value is -1.26. The molecule has 5 heteroatoms. The van der Waals surface area contributed by atoms with E-state index in [1.165, 1.54) is 0 Å². The zero-order chi connectivity index (χ0) is 12.0. The molecule has 0 aromatic heterocycles. The molecule has 4 N–H and O–H groups in total. The Kier molecular flexibility index (Phi) is 5.08. The number of hydrogen-bond acceptors (Lipinski definition) is 2. The maximum atomic E-state index is 6.02. The number of guanidine groups is 1. The monoisotopic (exact) mass is 240 g/mol. The molecule has 1 aromatic rings. The number of nitrogens with one attached hydrogen (secondary N) is 2. The van der Waals surface area contributed by atoms with Crippen molar-refractivity contribution in [1.29, 1.82) is 0 Å². The van der Waals surface area contributed by atoms with Crippen molar-refractivity contribution in [3.63, 3.8) is 0 Å². The van der Waals surface area contributed by atoms with Crippen LogP contribution in [0.5, 0.6) is 0 Å². The first-order valence-electron chi connectivity index (χ1n) is 5.14. The maximum absolute atomic E-state index is 6.02. The molecule has 0 radical (unpaired) electrons. The van der Waals surface area contributed by atoms with E-state index in [4.69, 9.17) is 17.4 Å². The van der Waals surface area contributed by atoms with Crippen molar-refractivity contribution in [3.05, 3.63) is 34.9 Å². The molecular weight excluding hydrogens is 224 g/mol. The quantitative estimate of drug-likeness (QED) is 0.326. The molecule has 88 valence electrons. The van der Waals surface area contributed by atoms with E-state index in [2.05, 4.69) is 15.7 Å². The Morgan fingerprint density at radius 3 is 2.69 bits per heavy atom. The minimum Gasteiger partial charge on any atom is -0.353 e. The van der Waals surface area contributed by atoms with Gasteiger partial charge in [-0.25, -0.2) is 10.8 Å². The first kappa shape index (κ1) is 12.8. The lowest BCUT2D eigenvalue weighted by Gasteiger charge is -2.12. The first-order valence-corrected chi connectivity index (χ1v) is 5.52. The van der Waals surface area contributed by atoms with Crippen LogP contribution in [0.2, 0.25) is 5.02 Å². The van der Waals surface area contributed by atoms with Crippen LogP contribution in [0.25, 0.3) is 0 Å². The molecule has 0 aliphatic heterocycles. The molecule has 0 aliphatic carbocycles. The zero-order valence-electron chi connectivity index (χ0n) is 9.50. The third kappa shape index (κ3) is 4.08. The molecule has 0 amide bonds. The fourth-order valence-electron chi connectivity index (χ4n) is 1.20. The summed E-state index contributed by atoms with van der Waals surface area (Å²) in [6.07, 6.45) is 0. The molecule has 16 heavy (non-hydrogen) atoms. The maximum Gasteiger partial charge on any atom is 0.206 e. The van der Waals surface area contributed by atoms with Crippen molar-refractivity contribution >= 4 is 17.6 Å². The van der Waals surface area contributed by atoms with E-state index >= 15 is 0 Å². The number of hydrogen-bond donors (Lipinski definition) is 3. The molecule has 0 spiro atoms. The summed E-state index contributed by atoms with van der Waals surface area (Å²) in [4.78, 5) is 4.30. The highest BCUT2D eigenvalue weighted by Gasteiger charge is 2.00. The molecule has 0 saturated carbocycles. The Morgan fingerprint density at radius 2 is 2.12 bits per heavy atom. The van der Waals surface area contributed by atoms with Gasteiger partial charge in [-0.15, -0.1) is 0 Å². The lowest BCUT2D eigenvalue weighted by molar-refractivity contribution is 0.702. The predicted molar refractivity (Wildman–Crippen MR) is 68.2 cm³/mol. The highest BCUT2D eigenvalue weighted by atomic mass is 35.5. The predicted octanol–water partition coefficient (Wildman–Crippen LogP) is 1.66. The van der Waals surface area contributed by atoms with Crippen molar-refractivity contribution in [2.24, 2.45) is 10.8 Å². The van der Waals surface area contributed by atoms with Crippen LogP contribution in [-0.4, -0.2) is 12.0 Å². The number of nitrogens with two attached hydrogens (primary N) is 1. The average molecular weight is 241 g/mol. The molecule has 0 unspecified atom stereocenters. The lowest BCUT2D eigenvalue weighted by Crippen LogP contribution is -2.44. The molecule has 1 aromatic carbocycles. The molecule has 4 nitrogen and oxygen atoms in total. The van der Waals surface area contributed by atoms with Gasteiger partial charge in [0.1, 0.15) is 0 Å². The number of aliphatic imine (C=N–C) groups is 1. The Morgan fingerprint density at radius 1 is 1.44 bits per heavy atom. The Balaban J connectivity index is 2.67. The smallest absolute Gasteiger partial charge is 0.206 e. The van der Waals surface area contributed by atoms with Crippen LogP contribution in [0.15, 0.2) is 29.3 Å². The lowest BCUT2D eigenvalue weighted by atomic mass is 10.2. The largest absolute Gasteiger partial charge is 0.353 e. The van der Waals surface area contributed by atoms with Gasteiger partial charge in [0.25, 0.3) is 0 Å². The summed E-state index contributed by atoms with van der Waals surface area (Å²) < 4.78 is 0.